The Morgan fingerprint density at radius 3 is 3.04 bits per heavy atom. The largest absolute Gasteiger partial charge is 0.361 e. The van der Waals surface area contributed by atoms with Crippen molar-refractivity contribution in [1.82, 2.24) is 15.4 Å². The number of benzene rings is 1. The monoisotopic (exact) mass is 324 g/mol. The van der Waals surface area contributed by atoms with Crippen LogP contribution in [-0.2, 0) is 6.54 Å². The van der Waals surface area contributed by atoms with Gasteiger partial charge in [-0.1, -0.05) is 11.2 Å². The van der Waals surface area contributed by atoms with Crippen LogP contribution in [0.3, 0.4) is 0 Å². The number of nitriles is 1. The third kappa shape index (κ3) is 3.47. The number of hydrogen-bond donors (Lipinski definition) is 1. The van der Waals surface area contributed by atoms with Gasteiger partial charge >= 0.3 is 0 Å². The van der Waals surface area contributed by atoms with Crippen LogP contribution >= 0.6 is 0 Å². The van der Waals surface area contributed by atoms with Crippen molar-refractivity contribution in [3.8, 4) is 6.07 Å². The number of likely N-dealkylation sites (tertiary alicyclic amines) is 1. The molecule has 6 heteroatoms. The van der Waals surface area contributed by atoms with E-state index in [1.807, 2.05) is 13.8 Å². The molecule has 2 aromatic rings. The first kappa shape index (κ1) is 16.2. The number of aromatic nitrogens is 1. The maximum Gasteiger partial charge on any atom is 0.251 e. The van der Waals surface area contributed by atoms with E-state index in [0.717, 1.165) is 43.1 Å². The summed E-state index contributed by atoms with van der Waals surface area (Å²) in [6, 6.07) is 8.94. The van der Waals surface area contributed by atoms with Gasteiger partial charge in [-0.15, -0.1) is 0 Å². The summed E-state index contributed by atoms with van der Waals surface area (Å²) < 4.78 is 5.20. The Bertz CT molecular complexity index is 771. The van der Waals surface area contributed by atoms with Crippen molar-refractivity contribution < 1.29 is 9.32 Å². The summed E-state index contributed by atoms with van der Waals surface area (Å²) in [7, 11) is 0. The minimum absolute atomic E-state index is 0.115. The van der Waals surface area contributed by atoms with Crippen LogP contribution in [0.4, 0.5) is 0 Å². The summed E-state index contributed by atoms with van der Waals surface area (Å²) in [6.07, 6.45) is 0.910. The molecule has 1 aromatic heterocycles. The van der Waals surface area contributed by atoms with E-state index in [9.17, 15) is 4.79 Å². The number of amides is 1. The van der Waals surface area contributed by atoms with E-state index in [1.165, 1.54) is 0 Å². The van der Waals surface area contributed by atoms with Gasteiger partial charge in [0.2, 0.25) is 0 Å². The average Bonchev–Trinajstić information content (AvgIpc) is 3.16. The zero-order valence-corrected chi connectivity index (χ0v) is 13.9. The number of carbonyl (C=O) groups excluding carboxylic acids is 1. The summed E-state index contributed by atoms with van der Waals surface area (Å²) in [6.45, 7) is 6.38. The molecule has 0 saturated carbocycles. The lowest BCUT2D eigenvalue weighted by atomic mass is 10.1. The molecule has 1 N–H and O–H groups in total. The quantitative estimate of drug-likeness (QED) is 0.932. The van der Waals surface area contributed by atoms with Gasteiger partial charge in [-0.3, -0.25) is 9.69 Å². The zero-order valence-electron chi connectivity index (χ0n) is 13.9. The molecule has 124 valence electrons. The molecule has 1 aliphatic heterocycles. The van der Waals surface area contributed by atoms with Crippen molar-refractivity contribution >= 4 is 5.91 Å². The van der Waals surface area contributed by atoms with Crippen molar-refractivity contribution in [2.24, 2.45) is 0 Å². The van der Waals surface area contributed by atoms with Gasteiger partial charge in [0.05, 0.1) is 17.3 Å². The summed E-state index contributed by atoms with van der Waals surface area (Å²) in [5, 5.41) is 16.0. The lowest BCUT2D eigenvalue weighted by molar-refractivity contribution is 0.0937. The van der Waals surface area contributed by atoms with Crippen molar-refractivity contribution in [2.45, 2.75) is 32.9 Å². The summed E-state index contributed by atoms with van der Waals surface area (Å²) in [5.74, 6) is 0.726. The molecule has 0 radical (unpaired) electrons. The molecule has 1 aromatic carbocycles. The second-order valence-electron chi connectivity index (χ2n) is 6.19. The van der Waals surface area contributed by atoms with Crippen LogP contribution in [0, 0.1) is 25.2 Å². The van der Waals surface area contributed by atoms with Crippen LogP contribution in [0.5, 0.6) is 0 Å². The Morgan fingerprint density at radius 2 is 2.33 bits per heavy atom. The Labute approximate surface area is 141 Å². The second-order valence-corrected chi connectivity index (χ2v) is 6.19. The van der Waals surface area contributed by atoms with Crippen LogP contribution in [0.1, 0.15) is 39.4 Å². The van der Waals surface area contributed by atoms with Gasteiger partial charge in [0, 0.05) is 36.8 Å². The molecule has 24 heavy (non-hydrogen) atoms. The Hall–Kier alpha value is -2.65. The Balaban J connectivity index is 1.58. The molecule has 6 nitrogen and oxygen atoms in total. The predicted octanol–water partition coefficient (Wildman–Crippen LogP) is 2.17. The normalized spacial score (nSPS) is 17.6. The van der Waals surface area contributed by atoms with E-state index in [4.69, 9.17) is 9.78 Å². The second kappa shape index (κ2) is 6.85. The van der Waals surface area contributed by atoms with Crippen molar-refractivity contribution in [3.05, 3.63) is 52.4 Å². The number of aryl methyl sites for hydroxylation is 2. The van der Waals surface area contributed by atoms with Crippen molar-refractivity contribution in [2.75, 3.05) is 13.1 Å². The third-order valence-corrected chi connectivity index (χ3v) is 4.42. The molecule has 0 bridgehead atoms. The topological polar surface area (TPSA) is 82.2 Å². The standard InChI is InChI=1S/C18H20N4O2/c1-12-17(13(2)24-21-12)11-22-7-6-16(10-22)20-18(23)15-5-3-4-14(8-15)9-19/h3-5,8,16H,6-7,10-11H2,1-2H3,(H,20,23). The van der Waals surface area contributed by atoms with E-state index in [2.05, 4.69) is 21.4 Å². The molecule has 1 amide bonds. The number of hydrogen-bond acceptors (Lipinski definition) is 5. The molecule has 1 atom stereocenters. The average molecular weight is 324 g/mol. The molecule has 1 fully saturated rings. The number of rotatable bonds is 4. The first-order chi connectivity index (χ1) is 11.6. The minimum Gasteiger partial charge on any atom is -0.361 e. The fourth-order valence-electron chi connectivity index (χ4n) is 3.04. The van der Waals surface area contributed by atoms with Gasteiger partial charge in [0.1, 0.15) is 5.76 Å². The molecule has 1 unspecified atom stereocenters. The van der Waals surface area contributed by atoms with E-state index in [-0.39, 0.29) is 11.9 Å². The van der Waals surface area contributed by atoms with Crippen LogP contribution in [0.15, 0.2) is 28.8 Å². The highest BCUT2D eigenvalue weighted by molar-refractivity contribution is 5.94. The lowest BCUT2D eigenvalue weighted by Gasteiger charge is -2.16. The molecular formula is C18H20N4O2. The van der Waals surface area contributed by atoms with Crippen LogP contribution in [-0.4, -0.2) is 35.1 Å². The number of nitrogens with zero attached hydrogens (tertiary/aromatic N) is 3. The van der Waals surface area contributed by atoms with Crippen molar-refractivity contribution in [1.29, 1.82) is 5.26 Å². The maximum absolute atomic E-state index is 12.3. The molecular weight excluding hydrogens is 304 g/mol. The molecule has 1 saturated heterocycles. The van der Waals surface area contributed by atoms with E-state index in [0.29, 0.717) is 11.1 Å². The third-order valence-electron chi connectivity index (χ3n) is 4.42. The highest BCUT2D eigenvalue weighted by Crippen LogP contribution is 2.19. The Morgan fingerprint density at radius 1 is 1.50 bits per heavy atom. The molecule has 1 aliphatic rings. The maximum atomic E-state index is 12.3. The smallest absolute Gasteiger partial charge is 0.251 e. The minimum atomic E-state index is -0.128. The Kier molecular flexibility index (Phi) is 4.63. The predicted molar refractivity (Wildman–Crippen MR) is 88.3 cm³/mol. The molecule has 2 heterocycles. The number of nitrogens with one attached hydrogen (secondary N) is 1. The van der Waals surface area contributed by atoms with E-state index >= 15 is 0 Å². The first-order valence-corrected chi connectivity index (χ1v) is 8.02. The van der Waals surface area contributed by atoms with E-state index < -0.39 is 0 Å². The van der Waals surface area contributed by atoms with Gasteiger partial charge < -0.3 is 9.84 Å². The number of carbonyl (C=O) groups is 1. The fraction of sp³-hybridized carbons (Fsp3) is 0.389. The highest BCUT2D eigenvalue weighted by Gasteiger charge is 2.25. The lowest BCUT2D eigenvalue weighted by Crippen LogP contribution is -2.37. The molecule has 3 rings (SSSR count). The molecule has 0 spiro atoms. The highest BCUT2D eigenvalue weighted by atomic mass is 16.5. The van der Waals surface area contributed by atoms with Gasteiger partial charge in [-0.25, -0.2) is 0 Å². The summed E-state index contributed by atoms with van der Waals surface area (Å²) >= 11 is 0. The van der Waals surface area contributed by atoms with Gasteiger partial charge in [0.25, 0.3) is 5.91 Å². The van der Waals surface area contributed by atoms with Crippen LogP contribution in [0.2, 0.25) is 0 Å². The van der Waals surface area contributed by atoms with Gasteiger partial charge in [-0.2, -0.15) is 5.26 Å². The van der Waals surface area contributed by atoms with Gasteiger partial charge in [0.15, 0.2) is 0 Å². The van der Waals surface area contributed by atoms with Crippen LogP contribution in [0.25, 0.3) is 0 Å². The zero-order chi connectivity index (χ0) is 17.1. The SMILES string of the molecule is Cc1noc(C)c1CN1CCC(NC(=O)c2cccc(C#N)c2)C1. The molecule has 0 aliphatic carbocycles. The summed E-state index contributed by atoms with van der Waals surface area (Å²) in [5.41, 5.74) is 3.07. The van der Waals surface area contributed by atoms with Gasteiger partial charge in [-0.05, 0) is 38.5 Å². The van der Waals surface area contributed by atoms with E-state index in [1.54, 1.807) is 24.3 Å². The summed E-state index contributed by atoms with van der Waals surface area (Å²) in [4.78, 5) is 14.6. The van der Waals surface area contributed by atoms with Crippen LogP contribution < -0.4 is 5.32 Å². The van der Waals surface area contributed by atoms with Crippen molar-refractivity contribution in [3.63, 3.8) is 0 Å². The fourth-order valence-corrected chi connectivity index (χ4v) is 3.04. The first-order valence-electron chi connectivity index (χ1n) is 8.02.